The maximum absolute atomic E-state index is 6.38. The zero-order valence-corrected chi connectivity index (χ0v) is 21.9. The number of ether oxygens (including phenoxy) is 1. The first kappa shape index (κ1) is 22.0. The molecule has 4 heteroatoms. The minimum absolute atomic E-state index is 0.161. The van der Waals surface area contributed by atoms with Gasteiger partial charge in [-0.25, -0.2) is 0 Å². The Labute approximate surface area is 222 Å². The van der Waals surface area contributed by atoms with E-state index in [0.29, 0.717) is 0 Å². The molecule has 0 unspecified atom stereocenters. The summed E-state index contributed by atoms with van der Waals surface area (Å²) in [7, 11) is 0. The van der Waals surface area contributed by atoms with Crippen molar-refractivity contribution < 1.29 is 4.74 Å². The number of hydrogen-bond acceptors (Lipinski definition) is 3. The molecule has 0 spiro atoms. The summed E-state index contributed by atoms with van der Waals surface area (Å²) in [5.74, 6) is 1.59. The van der Waals surface area contributed by atoms with Gasteiger partial charge in [-0.3, -0.25) is 0 Å². The molecule has 37 heavy (non-hydrogen) atoms. The third-order valence-electron chi connectivity index (χ3n) is 6.63. The summed E-state index contributed by atoms with van der Waals surface area (Å²) in [5.41, 5.74) is 7.81. The van der Waals surface area contributed by atoms with E-state index in [0.717, 1.165) is 39.6 Å². The van der Waals surface area contributed by atoms with Crippen LogP contribution in [0.4, 0.5) is 0 Å². The van der Waals surface area contributed by atoms with Crippen LogP contribution in [0.1, 0.15) is 5.56 Å². The van der Waals surface area contributed by atoms with Gasteiger partial charge in [-0.05, 0) is 6.07 Å². The molecule has 0 aliphatic carbocycles. The summed E-state index contributed by atoms with van der Waals surface area (Å²) in [6.07, 6.45) is 3.75. The van der Waals surface area contributed by atoms with Gasteiger partial charge in [0.1, 0.15) is 0 Å². The molecule has 0 radical (unpaired) electrons. The van der Waals surface area contributed by atoms with Gasteiger partial charge < -0.3 is 0 Å². The third-order valence-corrected chi connectivity index (χ3v) is 9.10. The average Bonchev–Trinajstić information content (AvgIpc) is 2.93. The van der Waals surface area contributed by atoms with Crippen LogP contribution in [-0.2, 0) is 0 Å². The number of hydrogen-bond donors (Lipinski definition) is 0. The number of fused-ring (bicyclic) bond motifs is 2. The second-order valence-corrected chi connectivity index (χ2v) is 11.4. The Morgan fingerprint density at radius 3 is 2.41 bits per heavy atom. The first-order valence-electron chi connectivity index (χ1n) is 12.2. The molecule has 0 bridgehead atoms. The van der Waals surface area contributed by atoms with Crippen molar-refractivity contribution in [2.75, 3.05) is 0 Å². The van der Waals surface area contributed by atoms with Gasteiger partial charge in [0.2, 0.25) is 0 Å². The number of nitrogens with zero attached hydrogens (tertiary/aromatic N) is 2. The first-order valence-corrected chi connectivity index (χ1v) is 13.9. The van der Waals surface area contributed by atoms with Crippen LogP contribution in [-0.4, -0.2) is 24.9 Å². The fourth-order valence-electron chi connectivity index (χ4n) is 5.03. The van der Waals surface area contributed by atoms with Crippen LogP contribution < -0.4 is 13.7 Å². The van der Waals surface area contributed by atoms with Crippen LogP contribution in [0.15, 0.2) is 116 Å². The molecule has 1 aliphatic rings. The van der Waals surface area contributed by atoms with Gasteiger partial charge in [0.05, 0.1) is 0 Å². The van der Waals surface area contributed by atoms with Crippen LogP contribution in [0.2, 0.25) is 0 Å². The molecule has 3 nitrogen and oxygen atoms in total. The van der Waals surface area contributed by atoms with E-state index in [1.165, 1.54) is 30.8 Å². The Balaban J connectivity index is 1.29. The summed E-state index contributed by atoms with van der Waals surface area (Å²) >= 11 is 0.161. The van der Waals surface area contributed by atoms with E-state index in [2.05, 4.69) is 78.6 Å². The SMILES string of the molecule is Cc1cc(Oc2cccc(-c3ccccn3)c2)cc(-c2nccc3c2[Se]c2cccc4cccc-3c24)c1. The van der Waals surface area contributed by atoms with Gasteiger partial charge in [0.15, 0.2) is 0 Å². The molecule has 176 valence electrons. The third kappa shape index (κ3) is 4.01. The molecule has 0 atom stereocenters. The van der Waals surface area contributed by atoms with Crippen molar-refractivity contribution >= 4 is 34.7 Å². The molecule has 3 heterocycles. The van der Waals surface area contributed by atoms with E-state index in [4.69, 9.17) is 9.72 Å². The van der Waals surface area contributed by atoms with Crippen LogP contribution >= 0.6 is 0 Å². The van der Waals surface area contributed by atoms with E-state index in [-0.39, 0.29) is 15.0 Å². The van der Waals surface area contributed by atoms with Crippen molar-refractivity contribution in [1.29, 1.82) is 0 Å². The topological polar surface area (TPSA) is 35.0 Å². The number of rotatable bonds is 4. The number of pyridine rings is 2. The van der Waals surface area contributed by atoms with Crippen LogP contribution in [0.25, 0.3) is 44.4 Å². The van der Waals surface area contributed by atoms with Gasteiger partial charge >= 0.3 is 216 Å². The molecule has 0 saturated carbocycles. The van der Waals surface area contributed by atoms with Crippen molar-refractivity contribution in [3.63, 3.8) is 0 Å². The van der Waals surface area contributed by atoms with Crippen molar-refractivity contribution in [1.82, 2.24) is 9.97 Å². The predicted octanol–water partition coefficient (Wildman–Crippen LogP) is 6.70. The van der Waals surface area contributed by atoms with Crippen LogP contribution in [0, 0.1) is 6.92 Å². The fourth-order valence-corrected chi connectivity index (χ4v) is 7.65. The molecule has 0 fully saturated rings. The Bertz CT molecular complexity index is 1790. The van der Waals surface area contributed by atoms with Crippen molar-refractivity contribution in [3.05, 3.63) is 121 Å². The molecule has 0 amide bonds. The molecule has 0 saturated heterocycles. The van der Waals surface area contributed by atoms with E-state index in [9.17, 15) is 0 Å². The summed E-state index contributed by atoms with van der Waals surface area (Å²) < 4.78 is 9.12. The Morgan fingerprint density at radius 1 is 0.649 bits per heavy atom. The fraction of sp³-hybridized carbons (Fsp3) is 0.0303. The number of aromatic nitrogens is 2. The molecular weight excluding hydrogens is 519 g/mol. The van der Waals surface area contributed by atoms with Crippen molar-refractivity contribution in [2.24, 2.45) is 0 Å². The minimum atomic E-state index is 0.161. The van der Waals surface area contributed by atoms with E-state index in [1.807, 2.05) is 48.8 Å². The van der Waals surface area contributed by atoms with E-state index >= 15 is 0 Å². The molecule has 6 aromatic rings. The van der Waals surface area contributed by atoms with Crippen molar-refractivity contribution in [2.45, 2.75) is 6.92 Å². The molecule has 0 N–H and O–H groups in total. The maximum atomic E-state index is 6.38. The standard InChI is InChI=1S/C33H22N2OSe/c1-21-17-24(20-26(18-21)36-25-10-4-9-23(19-25)29-12-2-3-15-34-29)32-33-28(14-16-35-32)27-11-5-7-22-8-6-13-30(37-33)31(22)27/h2-20H,1H3. The second kappa shape index (κ2) is 9.01. The predicted molar refractivity (Wildman–Crippen MR) is 152 cm³/mol. The van der Waals surface area contributed by atoms with E-state index in [1.54, 1.807) is 0 Å². The van der Waals surface area contributed by atoms with E-state index < -0.39 is 0 Å². The Morgan fingerprint density at radius 2 is 1.51 bits per heavy atom. The monoisotopic (exact) mass is 542 g/mol. The zero-order valence-electron chi connectivity index (χ0n) is 20.2. The average molecular weight is 542 g/mol. The van der Waals surface area contributed by atoms with Gasteiger partial charge in [0, 0.05) is 0 Å². The molecule has 4 aromatic carbocycles. The zero-order chi connectivity index (χ0) is 24.8. The van der Waals surface area contributed by atoms with Gasteiger partial charge in [-0.2, -0.15) is 0 Å². The normalized spacial score (nSPS) is 11.8. The van der Waals surface area contributed by atoms with Gasteiger partial charge in [-0.1, -0.05) is 0 Å². The second-order valence-electron chi connectivity index (χ2n) is 9.18. The van der Waals surface area contributed by atoms with Gasteiger partial charge in [0.25, 0.3) is 0 Å². The molecule has 1 aliphatic heterocycles. The molecular formula is C33H22N2OSe. The van der Waals surface area contributed by atoms with Crippen molar-refractivity contribution in [3.8, 4) is 45.1 Å². The number of aryl methyl sites for hydroxylation is 1. The van der Waals surface area contributed by atoms with Crippen LogP contribution in [0.5, 0.6) is 11.5 Å². The quantitative estimate of drug-likeness (QED) is 0.233. The summed E-state index contributed by atoms with van der Waals surface area (Å²) in [4.78, 5) is 9.37. The molecule has 2 aromatic heterocycles. The molecule has 7 rings (SSSR count). The first-order chi connectivity index (χ1) is 18.2. The summed E-state index contributed by atoms with van der Waals surface area (Å²) in [6.45, 7) is 2.11. The Kier molecular flexibility index (Phi) is 5.35. The van der Waals surface area contributed by atoms with Crippen LogP contribution in [0.3, 0.4) is 0 Å². The summed E-state index contributed by atoms with van der Waals surface area (Å²) in [5, 5.41) is 2.69. The Hall–Kier alpha value is -4.24. The van der Waals surface area contributed by atoms with Gasteiger partial charge in [-0.15, -0.1) is 0 Å². The number of benzene rings is 4. The summed E-state index contributed by atoms with van der Waals surface area (Å²) in [6, 6.07) is 35.8.